The molecule has 0 N–H and O–H groups in total. The third-order valence-corrected chi connectivity index (χ3v) is 7.72. The van der Waals surface area contributed by atoms with Crippen molar-refractivity contribution in [2.75, 3.05) is 0 Å². The monoisotopic (exact) mass is 484 g/mol. The summed E-state index contributed by atoms with van der Waals surface area (Å²) in [5.74, 6) is 0. The van der Waals surface area contributed by atoms with Gasteiger partial charge in [0.05, 0.1) is 22.1 Å². The third-order valence-electron chi connectivity index (χ3n) is 7.72. The van der Waals surface area contributed by atoms with Crippen LogP contribution in [0.15, 0.2) is 146 Å². The Morgan fingerprint density at radius 3 is 1.61 bits per heavy atom. The van der Waals surface area contributed by atoms with E-state index in [4.69, 9.17) is 0 Å². The van der Waals surface area contributed by atoms with E-state index in [9.17, 15) is 0 Å². The zero-order valence-corrected chi connectivity index (χ0v) is 20.8. The molecule has 178 valence electrons. The van der Waals surface area contributed by atoms with E-state index in [1.807, 2.05) is 0 Å². The van der Waals surface area contributed by atoms with Gasteiger partial charge in [-0.2, -0.15) is 0 Å². The Balaban J connectivity index is 1.48. The summed E-state index contributed by atoms with van der Waals surface area (Å²) in [7, 11) is 0. The summed E-state index contributed by atoms with van der Waals surface area (Å²) < 4.78 is 4.84. The van der Waals surface area contributed by atoms with Crippen LogP contribution < -0.4 is 0 Å². The van der Waals surface area contributed by atoms with Crippen LogP contribution >= 0.6 is 0 Å². The predicted octanol–water partition coefficient (Wildman–Crippen LogP) is 9.55. The molecule has 0 bridgehead atoms. The van der Waals surface area contributed by atoms with Crippen LogP contribution in [0.4, 0.5) is 0 Å². The minimum Gasteiger partial charge on any atom is -0.309 e. The smallest absolute Gasteiger partial charge is 0.0641 e. The summed E-state index contributed by atoms with van der Waals surface area (Å²) in [4.78, 5) is 0. The zero-order valence-electron chi connectivity index (χ0n) is 20.8. The third kappa shape index (κ3) is 3.01. The van der Waals surface area contributed by atoms with Gasteiger partial charge in [0.1, 0.15) is 0 Å². The molecule has 0 radical (unpaired) electrons. The molecule has 2 heteroatoms. The fourth-order valence-electron chi connectivity index (χ4n) is 6.07. The summed E-state index contributed by atoms with van der Waals surface area (Å²) >= 11 is 0. The molecule has 0 spiro atoms. The van der Waals surface area contributed by atoms with Gasteiger partial charge in [0.25, 0.3) is 0 Å². The zero-order chi connectivity index (χ0) is 25.1. The van der Waals surface area contributed by atoms with Gasteiger partial charge in [-0.1, -0.05) is 103 Å². The first-order valence-electron chi connectivity index (χ1n) is 13.0. The largest absolute Gasteiger partial charge is 0.309 e. The molecule has 38 heavy (non-hydrogen) atoms. The lowest BCUT2D eigenvalue weighted by molar-refractivity contribution is 1.17. The number of aromatic nitrogens is 2. The van der Waals surface area contributed by atoms with Crippen LogP contribution in [0.3, 0.4) is 0 Å². The minimum atomic E-state index is 1.16. The number of hydrogen-bond donors (Lipinski definition) is 0. The molecule has 0 atom stereocenters. The Bertz CT molecular complexity index is 2100. The van der Waals surface area contributed by atoms with Crippen LogP contribution in [-0.2, 0) is 0 Å². The molecule has 0 saturated heterocycles. The van der Waals surface area contributed by atoms with Gasteiger partial charge >= 0.3 is 0 Å². The maximum absolute atomic E-state index is 2.43. The van der Waals surface area contributed by atoms with Crippen molar-refractivity contribution in [2.45, 2.75) is 0 Å². The van der Waals surface area contributed by atoms with E-state index < -0.39 is 0 Å². The van der Waals surface area contributed by atoms with Crippen molar-refractivity contribution in [2.24, 2.45) is 0 Å². The predicted molar refractivity (Wildman–Crippen MR) is 161 cm³/mol. The molecule has 0 aliphatic carbocycles. The molecule has 8 rings (SSSR count). The van der Waals surface area contributed by atoms with E-state index in [0.717, 1.165) is 5.69 Å². The molecule has 2 nitrogen and oxygen atoms in total. The number of fused-ring (bicyclic) bond motifs is 7. The highest BCUT2D eigenvalue weighted by Crippen LogP contribution is 2.41. The Morgan fingerprint density at radius 2 is 0.868 bits per heavy atom. The van der Waals surface area contributed by atoms with Gasteiger partial charge in [0.2, 0.25) is 0 Å². The maximum Gasteiger partial charge on any atom is 0.0641 e. The van der Waals surface area contributed by atoms with Crippen molar-refractivity contribution in [1.29, 1.82) is 0 Å². The fourth-order valence-corrected chi connectivity index (χ4v) is 6.07. The van der Waals surface area contributed by atoms with E-state index in [-0.39, 0.29) is 0 Å². The second-order valence-corrected chi connectivity index (χ2v) is 9.81. The highest BCUT2D eigenvalue weighted by Gasteiger charge is 2.20. The lowest BCUT2D eigenvalue weighted by Gasteiger charge is -2.10. The number of para-hydroxylation sites is 3. The Labute approximate surface area is 220 Å². The van der Waals surface area contributed by atoms with Crippen molar-refractivity contribution in [1.82, 2.24) is 9.13 Å². The van der Waals surface area contributed by atoms with Crippen molar-refractivity contribution in [3.63, 3.8) is 0 Å². The summed E-state index contributed by atoms with van der Waals surface area (Å²) in [5, 5.41) is 5.10. The first-order chi connectivity index (χ1) is 18.9. The van der Waals surface area contributed by atoms with Crippen LogP contribution in [0.5, 0.6) is 0 Å². The van der Waals surface area contributed by atoms with Crippen LogP contribution in [-0.4, -0.2) is 9.13 Å². The average Bonchev–Trinajstić information content (AvgIpc) is 3.51. The van der Waals surface area contributed by atoms with Gasteiger partial charge in [-0.3, -0.25) is 0 Å². The van der Waals surface area contributed by atoms with Crippen molar-refractivity contribution in [3.05, 3.63) is 146 Å². The van der Waals surface area contributed by atoms with E-state index in [1.54, 1.807) is 0 Å². The van der Waals surface area contributed by atoms with Crippen LogP contribution in [0, 0.1) is 0 Å². The second-order valence-electron chi connectivity index (χ2n) is 9.81. The van der Waals surface area contributed by atoms with Gasteiger partial charge in [0, 0.05) is 32.9 Å². The summed E-state index contributed by atoms with van der Waals surface area (Å²) in [6.45, 7) is 0. The molecule has 0 aliphatic rings. The Hall–Kier alpha value is -5.08. The van der Waals surface area contributed by atoms with Crippen molar-refractivity contribution in [3.8, 4) is 22.5 Å². The summed E-state index contributed by atoms with van der Waals surface area (Å²) in [5.41, 5.74) is 9.71. The van der Waals surface area contributed by atoms with Gasteiger partial charge in [-0.15, -0.1) is 0 Å². The van der Waals surface area contributed by atoms with Gasteiger partial charge in [-0.25, -0.2) is 0 Å². The first-order valence-corrected chi connectivity index (χ1v) is 13.0. The summed E-state index contributed by atoms with van der Waals surface area (Å²) in [6, 6.07) is 52.4. The highest BCUT2D eigenvalue weighted by atomic mass is 15.0. The number of nitrogens with zero attached hydrogens (tertiary/aromatic N) is 2. The lowest BCUT2D eigenvalue weighted by Crippen LogP contribution is -1.95. The minimum absolute atomic E-state index is 1.16. The molecule has 6 aromatic carbocycles. The lowest BCUT2D eigenvalue weighted by atomic mass is 10.1. The molecule has 0 amide bonds. The SMILES string of the molecule is c1ccc(-c2ccc(-n3c4ccccc4c4c3ccc3c5ccccc5n(-c5ccccc5)c34)cc2)cc1. The number of hydrogen-bond acceptors (Lipinski definition) is 0. The standard InChI is InChI=1S/C36H24N2/c1-3-11-25(12-4-1)26-19-21-28(22-20-26)37-33-18-10-8-16-31(33)35-34(37)24-23-30-29-15-7-9-17-32(29)38(36(30)35)27-13-5-2-6-14-27/h1-24H. The number of rotatable bonds is 3. The van der Waals surface area contributed by atoms with Crippen molar-refractivity contribution >= 4 is 43.6 Å². The number of benzene rings is 6. The Morgan fingerprint density at radius 1 is 0.316 bits per heavy atom. The molecule has 0 saturated carbocycles. The van der Waals surface area contributed by atoms with E-state index in [1.165, 1.54) is 60.4 Å². The fraction of sp³-hybridized carbons (Fsp3) is 0. The van der Waals surface area contributed by atoms with E-state index >= 15 is 0 Å². The highest BCUT2D eigenvalue weighted by molar-refractivity contribution is 6.26. The molecule has 0 unspecified atom stereocenters. The first kappa shape index (κ1) is 21.0. The van der Waals surface area contributed by atoms with Crippen LogP contribution in [0.2, 0.25) is 0 Å². The van der Waals surface area contributed by atoms with Gasteiger partial charge in [0.15, 0.2) is 0 Å². The Kier molecular flexibility index (Phi) is 4.55. The summed E-state index contributed by atoms with van der Waals surface area (Å²) in [6.07, 6.45) is 0. The van der Waals surface area contributed by atoms with Gasteiger partial charge < -0.3 is 9.13 Å². The molecule has 0 aliphatic heterocycles. The van der Waals surface area contributed by atoms with Crippen LogP contribution in [0.1, 0.15) is 0 Å². The molecule has 8 aromatic rings. The van der Waals surface area contributed by atoms with Crippen LogP contribution in [0.25, 0.3) is 66.1 Å². The van der Waals surface area contributed by atoms with E-state index in [2.05, 4.69) is 155 Å². The van der Waals surface area contributed by atoms with Gasteiger partial charge in [-0.05, 0) is 53.6 Å². The topological polar surface area (TPSA) is 9.86 Å². The second kappa shape index (κ2) is 8.22. The normalized spacial score (nSPS) is 11.7. The maximum atomic E-state index is 2.43. The average molecular weight is 485 g/mol. The molecular weight excluding hydrogens is 460 g/mol. The molecule has 2 heterocycles. The van der Waals surface area contributed by atoms with E-state index in [0.29, 0.717) is 0 Å². The molecule has 0 fully saturated rings. The molecule has 2 aromatic heterocycles. The molecular formula is C36H24N2. The van der Waals surface area contributed by atoms with Crippen molar-refractivity contribution < 1.29 is 0 Å². The quantitative estimate of drug-likeness (QED) is 0.236.